The van der Waals surface area contributed by atoms with Crippen LogP contribution in [0.4, 0.5) is 0 Å². The molecule has 0 saturated carbocycles. The lowest BCUT2D eigenvalue weighted by molar-refractivity contribution is 0.301. The van der Waals surface area contributed by atoms with Gasteiger partial charge in [-0.1, -0.05) is 17.3 Å². The number of nitrogens with zero attached hydrogens (tertiary/aromatic N) is 2. The highest BCUT2D eigenvalue weighted by Gasteiger charge is 2.16. The Morgan fingerprint density at radius 2 is 2.15 bits per heavy atom. The van der Waals surface area contributed by atoms with Crippen LogP contribution < -0.4 is 4.74 Å². The van der Waals surface area contributed by atoms with Crippen LogP contribution in [0.15, 0.2) is 47.8 Å². The Balaban J connectivity index is 1.78. The minimum atomic E-state index is 0.436. The molecule has 3 rings (SSSR count). The topological polar surface area (TPSA) is 54.7 Å². The third kappa shape index (κ3) is 2.64. The number of fused-ring (bicyclic) bond motifs is 1. The second-order valence-corrected chi connectivity index (χ2v) is 4.83. The van der Waals surface area contributed by atoms with E-state index in [0.29, 0.717) is 6.61 Å². The number of benzene rings is 1. The maximum Gasteiger partial charge on any atom is 0.130 e. The van der Waals surface area contributed by atoms with Crippen molar-refractivity contribution in [3.63, 3.8) is 0 Å². The average molecular weight is 268 g/mol. The van der Waals surface area contributed by atoms with Gasteiger partial charge in [0.2, 0.25) is 0 Å². The van der Waals surface area contributed by atoms with Crippen molar-refractivity contribution in [3.8, 4) is 5.75 Å². The van der Waals surface area contributed by atoms with Gasteiger partial charge in [-0.15, -0.1) is 0 Å². The quantitative estimate of drug-likeness (QED) is 0.687. The van der Waals surface area contributed by atoms with Crippen LogP contribution in [0.2, 0.25) is 0 Å². The summed E-state index contributed by atoms with van der Waals surface area (Å²) in [7, 11) is 0. The maximum atomic E-state index is 9.07. The number of oxime groups is 1. The number of aromatic nitrogens is 1. The molecule has 1 aromatic carbocycles. The van der Waals surface area contributed by atoms with E-state index in [1.807, 2.05) is 36.4 Å². The van der Waals surface area contributed by atoms with E-state index in [4.69, 9.17) is 9.94 Å². The molecular weight excluding hydrogens is 252 g/mol. The van der Waals surface area contributed by atoms with Crippen LogP contribution in [0.1, 0.15) is 29.7 Å². The van der Waals surface area contributed by atoms with Crippen LogP contribution in [0, 0.1) is 0 Å². The van der Waals surface area contributed by atoms with Gasteiger partial charge >= 0.3 is 0 Å². The average Bonchev–Trinajstić information content (AvgIpc) is 2.53. The third-order valence-corrected chi connectivity index (χ3v) is 3.49. The molecule has 1 aromatic heterocycles. The lowest BCUT2D eigenvalue weighted by Gasteiger charge is -2.17. The van der Waals surface area contributed by atoms with Crippen LogP contribution in [0.3, 0.4) is 0 Å². The minimum Gasteiger partial charge on any atom is -0.487 e. The fourth-order valence-corrected chi connectivity index (χ4v) is 2.46. The normalized spacial score (nSPS) is 15.9. The molecule has 0 bridgehead atoms. The molecule has 0 radical (unpaired) electrons. The van der Waals surface area contributed by atoms with E-state index in [2.05, 4.69) is 10.1 Å². The maximum absolute atomic E-state index is 9.07. The van der Waals surface area contributed by atoms with E-state index in [0.717, 1.165) is 42.0 Å². The molecular formula is C16H16N2O2. The molecule has 0 saturated heterocycles. The molecule has 4 heteroatoms. The van der Waals surface area contributed by atoms with Gasteiger partial charge in [0.25, 0.3) is 0 Å². The van der Waals surface area contributed by atoms with Gasteiger partial charge in [0, 0.05) is 11.8 Å². The van der Waals surface area contributed by atoms with Crippen LogP contribution in [0.5, 0.6) is 5.75 Å². The van der Waals surface area contributed by atoms with Crippen molar-refractivity contribution in [2.45, 2.75) is 25.9 Å². The predicted molar refractivity (Wildman–Crippen MR) is 76.3 cm³/mol. The second-order valence-electron chi connectivity index (χ2n) is 4.83. The number of hydrogen-bond acceptors (Lipinski definition) is 4. The molecule has 2 aromatic rings. The Kier molecular flexibility index (Phi) is 3.63. The summed E-state index contributed by atoms with van der Waals surface area (Å²) in [6.45, 7) is 0.436. The van der Waals surface area contributed by atoms with Crippen molar-refractivity contribution in [2.24, 2.45) is 5.16 Å². The van der Waals surface area contributed by atoms with E-state index in [-0.39, 0.29) is 0 Å². The number of rotatable bonds is 3. The van der Waals surface area contributed by atoms with Crippen LogP contribution in [-0.4, -0.2) is 15.9 Å². The van der Waals surface area contributed by atoms with E-state index in [1.54, 1.807) is 6.20 Å². The van der Waals surface area contributed by atoms with Crippen molar-refractivity contribution in [1.82, 2.24) is 4.98 Å². The van der Waals surface area contributed by atoms with Crippen LogP contribution >= 0.6 is 0 Å². The highest BCUT2D eigenvalue weighted by Crippen LogP contribution is 2.26. The van der Waals surface area contributed by atoms with E-state index in [9.17, 15) is 0 Å². The first-order chi connectivity index (χ1) is 9.86. The van der Waals surface area contributed by atoms with Gasteiger partial charge in [0.05, 0.1) is 11.4 Å². The first kappa shape index (κ1) is 12.7. The summed E-state index contributed by atoms with van der Waals surface area (Å²) in [5.41, 5.74) is 3.85. The molecule has 4 nitrogen and oxygen atoms in total. The SMILES string of the molecule is O/N=C1/CCCc2ccc(OCc3ccccn3)cc21. The van der Waals surface area contributed by atoms with E-state index in [1.165, 1.54) is 5.56 Å². The zero-order chi connectivity index (χ0) is 13.8. The van der Waals surface area contributed by atoms with Crippen molar-refractivity contribution >= 4 is 5.71 Å². The van der Waals surface area contributed by atoms with Crippen LogP contribution in [-0.2, 0) is 13.0 Å². The molecule has 1 aliphatic carbocycles. The lowest BCUT2D eigenvalue weighted by Crippen LogP contribution is -2.12. The Bertz CT molecular complexity index is 624. The van der Waals surface area contributed by atoms with Gasteiger partial charge < -0.3 is 9.94 Å². The fourth-order valence-electron chi connectivity index (χ4n) is 2.46. The minimum absolute atomic E-state index is 0.436. The Morgan fingerprint density at radius 3 is 2.95 bits per heavy atom. The van der Waals surface area contributed by atoms with E-state index >= 15 is 0 Å². The molecule has 0 amide bonds. The first-order valence-corrected chi connectivity index (χ1v) is 6.74. The highest BCUT2D eigenvalue weighted by atomic mass is 16.5. The molecule has 0 fully saturated rings. The van der Waals surface area contributed by atoms with Gasteiger partial charge in [0.15, 0.2) is 0 Å². The highest BCUT2D eigenvalue weighted by molar-refractivity contribution is 6.02. The summed E-state index contributed by atoms with van der Waals surface area (Å²) < 4.78 is 5.75. The zero-order valence-electron chi connectivity index (χ0n) is 11.1. The molecule has 102 valence electrons. The van der Waals surface area contributed by atoms with Gasteiger partial charge in [-0.2, -0.15) is 0 Å². The summed E-state index contributed by atoms with van der Waals surface area (Å²) in [5, 5.41) is 12.5. The summed E-state index contributed by atoms with van der Waals surface area (Å²) >= 11 is 0. The number of pyridine rings is 1. The predicted octanol–water partition coefficient (Wildman–Crippen LogP) is 3.18. The summed E-state index contributed by atoms with van der Waals surface area (Å²) in [6.07, 6.45) is 4.62. The number of hydrogen-bond donors (Lipinski definition) is 1. The second kappa shape index (κ2) is 5.74. The Morgan fingerprint density at radius 1 is 1.20 bits per heavy atom. The monoisotopic (exact) mass is 268 g/mol. The molecule has 1 heterocycles. The number of aryl methyl sites for hydroxylation is 1. The molecule has 0 unspecified atom stereocenters. The number of ether oxygens (including phenoxy) is 1. The summed E-state index contributed by atoms with van der Waals surface area (Å²) in [5.74, 6) is 0.775. The molecule has 0 aliphatic heterocycles. The Labute approximate surface area is 117 Å². The van der Waals surface area contributed by atoms with Gasteiger partial charge in [-0.05, 0) is 49.1 Å². The largest absolute Gasteiger partial charge is 0.487 e. The summed E-state index contributed by atoms with van der Waals surface area (Å²) in [6, 6.07) is 11.7. The van der Waals surface area contributed by atoms with Crippen molar-refractivity contribution < 1.29 is 9.94 Å². The zero-order valence-corrected chi connectivity index (χ0v) is 11.1. The standard InChI is InChI=1S/C16H16N2O2/c19-18-16-6-3-4-12-7-8-14(10-15(12)16)20-11-13-5-1-2-9-17-13/h1-2,5,7-10,19H,3-4,6,11H2/b18-16-. The Hall–Kier alpha value is -2.36. The fraction of sp³-hybridized carbons (Fsp3) is 0.250. The third-order valence-electron chi connectivity index (χ3n) is 3.49. The first-order valence-electron chi connectivity index (χ1n) is 6.74. The van der Waals surface area contributed by atoms with Crippen molar-refractivity contribution in [3.05, 3.63) is 59.4 Å². The molecule has 0 spiro atoms. The van der Waals surface area contributed by atoms with Gasteiger partial charge in [-0.25, -0.2) is 0 Å². The lowest BCUT2D eigenvalue weighted by atomic mass is 9.90. The van der Waals surface area contributed by atoms with Crippen molar-refractivity contribution in [2.75, 3.05) is 0 Å². The van der Waals surface area contributed by atoms with Gasteiger partial charge in [0.1, 0.15) is 12.4 Å². The molecule has 1 aliphatic rings. The summed E-state index contributed by atoms with van der Waals surface area (Å²) in [4.78, 5) is 4.22. The molecule has 1 N–H and O–H groups in total. The van der Waals surface area contributed by atoms with Crippen molar-refractivity contribution in [1.29, 1.82) is 0 Å². The van der Waals surface area contributed by atoms with Crippen LogP contribution in [0.25, 0.3) is 0 Å². The molecule has 20 heavy (non-hydrogen) atoms. The van der Waals surface area contributed by atoms with E-state index < -0.39 is 0 Å². The smallest absolute Gasteiger partial charge is 0.130 e. The molecule has 0 atom stereocenters. The van der Waals surface area contributed by atoms with Gasteiger partial charge in [-0.3, -0.25) is 4.98 Å².